The molecule has 2 rings (SSSR count). The smallest absolute Gasteiger partial charge is 0.338 e. The third-order valence-electron chi connectivity index (χ3n) is 3.80. The zero-order valence-corrected chi connectivity index (χ0v) is 19.6. The number of rotatable bonds is 7. The minimum atomic E-state index is -0.750. The van der Waals surface area contributed by atoms with E-state index >= 15 is 0 Å². The lowest BCUT2D eigenvalue weighted by Gasteiger charge is -2.03. The van der Waals surface area contributed by atoms with Gasteiger partial charge in [0.25, 0.3) is 0 Å². The van der Waals surface area contributed by atoms with Gasteiger partial charge >= 0.3 is 23.9 Å². The highest BCUT2D eigenvalue weighted by molar-refractivity contribution is 5.94. The molecule has 0 aliphatic carbocycles. The van der Waals surface area contributed by atoms with Crippen molar-refractivity contribution < 1.29 is 48.3 Å². The van der Waals surface area contributed by atoms with Crippen LogP contribution in [-0.2, 0) is 18.9 Å². The minimum absolute atomic E-state index is 0.331. The highest BCUT2D eigenvalue weighted by Gasteiger charge is 2.10. The molecule has 0 aromatic heterocycles. The second kappa shape index (κ2) is 17.8. The van der Waals surface area contributed by atoms with E-state index in [9.17, 15) is 19.2 Å². The predicted molar refractivity (Wildman–Crippen MR) is 121 cm³/mol. The summed E-state index contributed by atoms with van der Waals surface area (Å²) in [5, 5.41) is 14.2. The molecule has 0 fully saturated rings. The monoisotopic (exact) mass is 478 g/mol. The highest BCUT2D eigenvalue weighted by atomic mass is 16.5. The van der Waals surface area contributed by atoms with Gasteiger partial charge in [0.15, 0.2) is 0 Å². The van der Waals surface area contributed by atoms with Gasteiger partial charge in [-0.15, -0.1) is 0 Å². The van der Waals surface area contributed by atoms with Crippen molar-refractivity contribution in [1.29, 1.82) is 0 Å². The normalized spacial score (nSPS) is 9.24. The Balaban J connectivity index is 0.000000575. The fraction of sp³-hybridized carbons (Fsp3) is 0.333. The molecule has 186 valence electrons. The van der Waals surface area contributed by atoms with Gasteiger partial charge < -0.3 is 29.2 Å². The van der Waals surface area contributed by atoms with Gasteiger partial charge in [-0.3, -0.25) is 0 Å². The number of ether oxygens (including phenoxy) is 4. The molecule has 0 heterocycles. The van der Waals surface area contributed by atoms with E-state index in [1.54, 1.807) is 19.1 Å². The van der Waals surface area contributed by atoms with Crippen molar-refractivity contribution in [2.45, 2.75) is 20.3 Å². The van der Waals surface area contributed by atoms with Gasteiger partial charge in [-0.2, -0.15) is 0 Å². The van der Waals surface area contributed by atoms with Gasteiger partial charge in [-0.1, -0.05) is 6.92 Å². The molecule has 0 spiro atoms. The lowest BCUT2D eigenvalue weighted by atomic mass is 10.1. The van der Waals surface area contributed by atoms with Crippen molar-refractivity contribution >= 4 is 23.9 Å². The number of aliphatic hydroxyl groups is 2. The van der Waals surface area contributed by atoms with Crippen molar-refractivity contribution in [3.8, 4) is 0 Å². The number of carbonyl (C=O) groups excluding carboxylic acids is 4. The van der Waals surface area contributed by atoms with Crippen LogP contribution in [-0.4, -0.2) is 68.3 Å². The summed E-state index contributed by atoms with van der Waals surface area (Å²) in [5.41, 5.74) is 1.67. The number of carbonyl (C=O) groups is 4. The van der Waals surface area contributed by atoms with E-state index in [1.807, 2.05) is 6.92 Å². The maximum Gasteiger partial charge on any atom is 0.338 e. The zero-order valence-electron chi connectivity index (χ0n) is 19.6. The van der Waals surface area contributed by atoms with Gasteiger partial charge in [0.05, 0.1) is 49.7 Å². The highest BCUT2D eigenvalue weighted by Crippen LogP contribution is 2.08. The van der Waals surface area contributed by atoms with Gasteiger partial charge in [0.1, 0.15) is 6.79 Å². The molecule has 0 unspecified atom stereocenters. The molecule has 34 heavy (non-hydrogen) atoms. The van der Waals surface area contributed by atoms with Crippen LogP contribution in [0.1, 0.15) is 61.7 Å². The Kier molecular flexibility index (Phi) is 15.8. The fourth-order valence-corrected chi connectivity index (χ4v) is 2.21. The molecular formula is C24H30O10. The summed E-state index contributed by atoms with van der Waals surface area (Å²) in [6.07, 6.45) is 0.784. The Morgan fingerprint density at radius 2 is 0.912 bits per heavy atom. The van der Waals surface area contributed by atoms with E-state index in [2.05, 4.69) is 9.47 Å². The maximum atomic E-state index is 11.4. The standard InChI is InChI=1S/C12H14O4.C11H12O4.CH4O2/c1-3-8-16-12(14)10-6-4-9(5-7-10)11(13)15-2;1-3-15-11(13)9-6-4-8(5-7-9)10(12)14-2;2-1-3/h4-7H,3,8H2,1-2H3;4-7H,3H2,1-2H3;2-3H,1H2. The molecule has 0 saturated heterocycles. The van der Waals surface area contributed by atoms with Crippen LogP contribution in [0.5, 0.6) is 0 Å². The molecule has 0 radical (unpaired) electrons. The molecule has 0 saturated carbocycles. The van der Waals surface area contributed by atoms with E-state index in [0.717, 1.165) is 6.42 Å². The van der Waals surface area contributed by atoms with E-state index < -0.39 is 24.7 Å². The number of methoxy groups -OCH3 is 2. The summed E-state index contributed by atoms with van der Waals surface area (Å²) < 4.78 is 18.8. The minimum Gasteiger partial charge on any atom is -0.465 e. The molecule has 10 nitrogen and oxygen atoms in total. The Labute approximate surface area is 198 Å². The van der Waals surface area contributed by atoms with Gasteiger partial charge in [-0.25, -0.2) is 19.2 Å². The number of hydrogen-bond donors (Lipinski definition) is 2. The molecule has 2 aromatic carbocycles. The zero-order chi connectivity index (χ0) is 25.9. The summed E-state index contributed by atoms with van der Waals surface area (Å²) in [4.78, 5) is 44.9. The molecule has 0 bridgehead atoms. The number of aliphatic hydroxyl groups excluding tert-OH is 1. The van der Waals surface area contributed by atoms with Gasteiger partial charge in [0.2, 0.25) is 0 Å². The van der Waals surface area contributed by atoms with Crippen LogP contribution < -0.4 is 0 Å². The van der Waals surface area contributed by atoms with Crippen LogP contribution in [0, 0.1) is 0 Å². The first-order valence-electron chi connectivity index (χ1n) is 10.2. The Hall–Kier alpha value is -3.76. The third-order valence-corrected chi connectivity index (χ3v) is 3.80. The second-order valence-corrected chi connectivity index (χ2v) is 6.14. The number of benzene rings is 2. The molecule has 0 atom stereocenters. The van der Waals surface area contributed by atoms with Crippen LogP contribution in [0.25, 0.3) is 0 Å². The third kappa shape index (κ3) is 11.2. The molecule has 2 aromatic rings. The molecular weight excluding hydrogens is 448 g/mol. The van der Waals surface area contributed by atoms with Gasteiger partial charge in [0, 0.05) is 0 Å². The van der Waals surface area contributed by atoms with Crippen LogP contribution in [0.2, 0.25) is 0 Å². The molecule has 0 aliphatic rings. The van der Waals surface area contributed by atoms with Crippen molar-refractivity contribution in [3.05, 3.63) is 70.8 Å². The van der Waals surface area contributed by atoms with Crippen LogP contribution >= 0.6 is 0 Å². The summed E-state index contributed by atoms with van der Waals surface area (Å²) in [6.45, 7) is 3.64. The number of hydrogen-bond acceptors (Lipinski definition) is 10. The number of esters is 4. The van der Waals surface area contributed by atoms with Crippen LogP contribution in [0.3, 0.4) is 0 Å². The summed E-state index contributed by atoms with van der Waals surface area (Å²) in [5.74, 6) is -1.62. The lowest BCUT2D eigenvalue weighted by molar-refractivity contribution is 0.0500. The molecule has 2 N–H and O–H groups in total. The Morgan fingerprint density at radius 1 is 0.618 bits per heavy atom. The van der Waals surface area contributed by atoms with E-state index in [-0.39, 0.29) is 5.97 Å². The largest absolute Gasteiger partial charge is 0.465 e. The summed E-state index contributed by atoms with van der Waals surface area (Å²) in [7, 11) is 2.62. The van der Waals surface area contributed by atoms with Crippen molar-refractivity contribution in [2.75, 3.05) is 34.2 Å². The van der Waals surface area contributed by atoms with Crippen LogP contribution in [0.15, 0.2) is 48.5 Å². The van der Waals surface area contributed by atoms with E-state index in [4.69, 9.17) is 19.7 Å². The summed E-state index contributed by atoms with van der Waals surface area (Å²) >= 11 is 0. The average molecular weight is 478 g/mol. The maximum absolute atomic E-state index is 11.4. The van der Waals surface area contributed by atoms with Crippen molar-refractivity contribution in [3.63, 3.8) is 0 Å². The first-order valence-corrected chi connectivity index (χ1v) is 10.2. The fourth-order valence-electron chi connectivity index (χ4n) is 2.21. The molecule has 10 heteroatoms. The molecule has 0 aliphatic heterocycles. The first kappa shape index (κ1) is 30.2. The first-order chi connectivity index (χ1) is 16.3. The predicted octanol–water partition coefficient (Wildman–Crippen LogP) is 2.62. The lowest BCUT2D eigenvalue weighted by Crippen LogP contribution is -2.07. The van der Waals surface area contributed by atoms with Crippen molar-refractivity contribution in [1.82, 2.24) is 0 Å². The second-order valence-electron chi connectivity index (χ2n) is 6.14. The van der Waals surface area contributed by atoms with Crippen LogP contribution in [0.4, 0.5) is 0 Å². The van der Waals surface area contributed by atoms with E-state index in [1.165, 1.54) is 50.6 Å². The molecule has 0 amide bonds. The van der Waals surface area contributed by atoms with Crippen molar-refractivity contribution in [2.24, 2.45) is 0 Å². The van der Waals surface area contributed by atoms with Gasteiger partial charge in [-0.05, 0) is 61.9 Å². The summed E-state index contributed by atoms with van der Waals surface area (Å²) in [6, 6.07) is 12.3. The van der Waals surface area contributed by atoms with E-state index in [0.29, 0.717) is 35.5 Å². The quantitative estimate of drug-likeness (QED) is 0.346. The Bertz CT molecular complexity index is 889. The topological polar surface area (TPSA) is 146 Å². The SMILES string of the molecule is CCCOC(=O)c1ccc(C(=O)OC)cc1.CCOC(=O)c1ccc(C(=O)OC)cc1.OCO. The average Bonchev–Trinajstić information content (AvgIpc) is 2.87. The Morgan fingerprint density at radius 3 is 1.18 bits per heavy atom.